The SMILES string of the molecule is Brc1ccc2[nH]c3c(c2c1)C1(c2ccccc2-c2ccccc21)c1ccccc1-3. The van der Waals surface area contributed by atoms with E-state index >= 15 is 0 Å². The van der Waals surface area contributed by atoms with Crippen LogP contribution in [0.4, 0.5) is 0 Å². The summed E-state index contributed by atoms with van der Waals surface area (Å²) in [7, 11) is 0. The summed E-state index contributed by atoms with van der Waals surface area (Å²) in [6.45, 7) is 0. The minimum Gasteiger partial charge on any atom is -0.354 e. The first kappa shape index (κ1) is 15.8. The van der Waals surface area contributed by atoms with Crippen LogP contribution < -0.4 is 0 Å². The summed E-state index contributed by atoms with van der Waals surface area (Å²) in [5.74, 6) is 0. The van der Waals surface area contributed by atoms with E-state index in [1.807, 2.05) is 0 Å². The molecular weight excluding hydrogens is 418 g/mol. The van der Waals surface area contributed by atoms with Gasteiger partial charge in [0, 0.05) is 26.5 Å². The Morgan fingerprint density at radius 1 is 0.621 bits per heavy atom. The molecule has 0 saturated carbocycles. The zero-order chi connectivity index (χ0) is 19.2. The Labute approximate surface area is 177 Å². The summed E-state index contributed by atoms with van der Waals surface area (Å²) in [6.07, 6.45) is 0. The van der Waals surface area contributed by atoms with Gasteiger partial charge in [-0.1, -0.05) is 88.7 Å². The number of rotatable bonds is 0. The molecule has 1 aromatic heterocycles. The number of H-pyrrole nitrogens is 1. The molecule has 5 aromatic rings. The van der Waals surface area contributed by atoms with Crippen molar-refractivity contribution in [1.82, 2.24) is 4.98 Å². The molecule has 0 unspecified atom stereocenters. The Hall–Kier alpha value is -3.10. The molecule has 0 aliphatic heterocycles. The van der Waals surface area contributed by atoms with Gasteiger partial charge in [0.25, 0.3) is 0 Å². The van der Waals surface area contributed by atoms with Crippen molar-refractivity contribution >= 4 is 26.8 Å². The molecular formula is C27H16BrN. The first-order valence-electron chi connectivity index (χ1n) is 9.91. The minimum atomic E-state index is -0.280. The first-order valence-corrected chi connectivity index (χ1v) is 10.7. The zero-order valence-corrected chi connectivity index (χ0v) is 17.1. The van der Waals surface area contributed by atoms with Gasteiger partial charge in [-0.2, -0.15) is 0 Å². The van der Waals surface area contributed by atoms with E-state index in [9.17, 15) is 0 Å². The van der Waals surface area contributed by atoms with E-state index in [4.69, 9.17) is 0 Å². The number of aromatic nitrogens is 1. The summed E-state index contributed by atoms with van der Waals surface area (Å²) in [5, 5.41) is 1.29. The van der Waals surface area contributed by atoms with Gasteiger partial charge in [0.1, 0.15) is 0 Å². The van der Waals surface area contributed by atoms with E-state index in [0.717, 1.165) is 4.47 Å². The molecule has 0 amide bonds. The molecule has 1 spiro atoms. The molecule has 0 atom stereocenters. The third kappa shape index (κ3) is 1.73. The molecule has 1 N–H and O–H groups in total. The van der Waals surface area contributed by atoms with E-state index in [1.54, 1.807) is 0 Å². The van der Waals surface area contributed by atoms with Crippen LogP contribution in [0.3, 0.4) is 0 Å². The van der Waals surface area contributed by atoms with Gasteiger partial charge in [-0.05, 0) is 46.0 Å². The highest BCUT2D eigenvalue weighted by Crippen LogP contribution is 2.63. The van der Waals surface area contributed by atoms with E-state index in [0.29, 0.717) is 0 Å². The van der Waals surface area contributed by atoms with Crippen molar-refractivity contribution in [2.24, 2.45) is 0 Å². The fraction of sp³-hybridized carbons (Fsp3) is 0.0370. The third-order valence-corrected chi connectivity index (χ3v) is 7.18. The van der Waals surface area contributed by atoms with Crippen molar-refractivity contribution in [3.05, 3.63) is 118 Å². The fourth-order valence-corrected chi connectivity index (χ4v) is 6.07. The van der Waals surface area contributed by atoms with Gasteiger partial charge < -0.3 is 4.98 Å². The Morgan fingerprint density at radius 2 is 1.17 bits per heavy atom. The predicted octanol–water partition coefficient (Wildman–Crippen LogP) is 7.27. The molecule has 2 aliphatic rings. The number of benzene rings is 4. The summed E-state index contributed by atoms with van der Waals surface area (Å²) in [5.41, 5.74) is 11.7. The molecule has 2 aliphatic carbocycles. The maximum atomic E-state index is 3.75. The normalized spacial score (nSPS) is 14.7. The summed E-state index contributed by atoms with van der Waals surface area (Å²) < 4.78 is 1.11. The highest BCUT2D eigenvalue weighted by Gasteiger charge is 2.53. The second-order valence-corrected chi connectivity index (χ2v) is 8.87. The average molecular weight is 434 g/mol. The Kier molecular flexibility index (Phi) is 2.87. The lowest BCUT2D eigenvalue weighted by molar-refractivity contribution is 0.802. The van der Waals surface area contributed by atoms with Crippen LogP contribution in [0.15, 0.2) is 95.5 Å². The van der Waals surface area contributed by atoms with Crippen LogP contribution in [0.5, 0.6) is 0 Å². The molecule has 29 heavy (non-hydrogen) atoms. The summed E-state index contributed by atoms with van der Waals surface area (Å²) in [4.78, 5) is 3.75. The number of fused-ring (bicyclic) bond motifs is 12. The molecule has 136 valence electrons. The third-order valence-electron chi connectivity index (χ3n) is 6.69. The molecule has 0 fully saturated rings. The zero-order valence-electron chi connectivity index (χ0n) is 15.5. The van der Waals surface area contributed by atoms with Crippen LogP contribution >= 0.6 is 15.9 Å². The van der Waals surface area contributed by atoms with E-state index in [1.165, 1.54) is 55.5 Å². The predicted molar refractivity (Wildman–Crippen MR) is 122 cm³/mol. The minimum absolute atomic E-state index is 0.280. The molecule has 1 nitrogen and oxygen atoms in total. The summed E-state index contributed by atoms with van der Waals surface area (Å²) >= 11 is 3.71. The quantitative estimate of drug-likeness (QED) is 0.258. The molecule has 2 heteroatoms. The van der Waals surface area contributed by atoms with Gasteiger partial charge in [0.15, 0.2) is 0 Å². The number of nitrogens with one attached hydrogen (secondary N) is 1. The van der Waals surface area contributed by atoms with Crippen molar-refractivity contribution in [2.75, 3.05) is 0 Å². The number of hydrogen-bond donors (Lipinski definition) is 1. The lowest BCUT2D eigenvalue weighted by Crippen LogP contribution is -2.25. The monoisotopic (exact) mass is 433 g/mol. The van der Waals surface area contributed by atoms with Gasteiger partial charge in [-0.15, -0.1) is 0 Å². The maximum absolute atomic E-state index is 3.75. The van der Waals surface area contributed by atoms with Crippen LogP contribution in [0.2, 0.25) is 0 Å². The van der Waals surface area contributed by atoms with Gasteiger partial charge in [-0.3, -0.25) is 0 Å². The highest BCUT2D eigenvalue weighted by molar-refractivity contribution is 9.10. The molecule has 0 saturated heterocycles. The lowest BCUT2D eigenvalue weighted by Gasteiger charge is -2.30. The Morgan fingerprint density at radius 3 is 1.83 bits per heavy atom. The van der Waals surface area contributed by atoms with Crippen molar-refractivity contribution < 1.29 is 0 Å². The van der Waals surface area contributed by atoms with Crippen LogP contribution in [0.1, 0.15) is 22.3 Å². The van der Waals surface area contributed by atoms with Crippen LogP contribution in [-0.4, -0.2) is 4.98 Å². The van der Waals surface area contributed by atoms with Crippen molar-refractivity contribution in [2.45, 2.75) is 5.41 Å². The number of halogens is 1. The number of hydrogen-bond acceptors (Lipinski definition) is 0. The average Bonchev–Trinajstić information content (AvgIpc) is 3.37. The largest absolute Gasteiger partial charge is 0.354 e. The Bertz CT molecular complexity index is 1430. The second kappa shape index (κ2) is 5.28. The first-order chi connectivity index (χ1) is 14.3. The van der Waals surface area contributed by atoms with Gasteiger partial charge in [-0.25, -0.2) is 0 Å². The van der Waals surface area contributed by atoms with Crippen molar-refractivity contribution in [3.63, 3.8) is 0 Å². The topological polar surface area (TPSA) is 15.8 Å². The number of aromatic amines is 1. The van der Waals surface area contributed by atoms with E-state index < -0.39 is 0 Å². The molecule has 0 radical (unpaired) electrons. The molecule has 4 aromatic carbocycles. The van der Waals surface area contributed by atoms with Gasteiger partial charge in [0.05, 0.1) is 11.1 Å². The van der Waals surface area contributed by atoms with Crippen LogP contribution in [-0.2, 0) is 5.41 Å². The Balaban J connectivity index is 1.77. The smallest absolute Gasteiger partial charge is 0.0747 e. The lowest BCUT2D eigenvalue weighted by atomic mass is 9.70. The standard InChI is InChI=1S/C27H16BrN/c28-16-13-14-24-20(15-16)25-26(29-24)19-9-3-6-12-23(19)27(25)21-10-4-1-7-17(21)18-8-2-5-11-22(18)27/h1-15,29H. The van der Waals surface area contributed by atoms with Crippen LogP contribution in [0.25, 0.3) is 33.3 Å². The molecule has 7 rings (SSSR count). The van der Waals surface area contributed by atoms with Crippen molar-refractivity contribution in [1.29, 1.82) is 0 Å². The van der Waals surface area contributed by atoms with Gasteiger partial charge in [0.2, 0.25) is 0 Å². The fourth-order valence-electron chi connectivity index (χ4n) is 5.71. The van der Waals surface area contributed by atoms with Crippen molar-refractivity contribution in [3.8, 4) is 22.4 Å². The molecule has 0 bridgehead atoms. The second-order valence-electron chi connectivity index (χ2n) is 7.95. The van der Waals surface area contributed by atoms with E-state index in [-0.39, 0.29) is 5.41 Å². The van der Waals surface area contributed by atoms with Crippen LogP contribution in [0, 0.1) is 0 Å². The highest BCUT2D eigenvalue weighted by atomic mass is 79.9. The summed E-state index contributed by atoms with van der Waals surface area (Å²) in [6, 6.07) is 33.3. The molecule has 1 heterocycles. The van der Waals surface area contributed by atoms with E-state index in [2.05, 4.69) is 112 Å². The van der Waals surface area contributed by atoms with Gasteiger partial charge >= 0.3 is 0 Å². The maximum Gasteiger partial charge on any atom is 0.0747 e.